The number of rotatable bonds is 3. The molecule has 0 aliphatic carbocycles. The van der Waals surface area contributed by atoms with Crippen molar-refractivity contribution >= 4 is 17.2 Å². The summed E-state index contributed by atoms with van der Waals surface area (Å²) >= 11 is 4.74. The van der Waals surface area contributed by atoms with E-state index in [0.717, 1.165) is 0 Å². The van der Waals surface area contributed by atoms with Gasteiger partial charge in [0.25, 0.3) is 0 Å². The highest BCUT2D eigenvalue weighted by Crippen LogP contribution is 2.24. The first-order valence-corrected chi connectivity index (χ1v) is 3.50. The van der Waals surface area contributed by atoms with E-state index in [1.165, 1.54) is 0 Å². The number of allylic oxidation sites excluding steroid dienone is 1. The molecular weight excluding hydrogens is 144 g/mol. The molecule has 4 N–H and O–H groups in total. The molecule has 0 aromatic heterocycles. The topological polar surface area (TPSA) is 52.0 Å². The highest BCUT2D eigenvalue weighted by Gasteiger charge is 2.20. The Balaban J connectivity index is 4.13. The van der Waals surface area contributed by atoms with E-state index in [2.05, 4.69) is 6.58 Å². The molecule has 0 bridgehead atoms. The lowest BCUT2D eigenvalue weighted by Gasteiger charge is -2.23. The lowest BCUT2D eigenvalue weighted by Crippen LogP contribution is -2.26. The van der Waals surface area contributed by atoms with Gasteiger partial charge in [-0.2, -0.15) is 0 Å². The van der Waals surface area contributed by atoms with Gasteiger partial charge >= 0.3 is 0 Å². The van der Waals surface area contributed by atoms with Crippen LogP contribution in [0.15, 0.2) is 12.3 Å². The van der Waals surface area contributed by atoms with Crippen LogP contribution in [0.4, 0.5) is 0 Å². The fraction of sp³-hybridized carbons (Fsp3) is 0.571. The van der Waals surface area contributed by atoms with Crippen LogP contribution in [-0.2, 0) is 0 Å². The van der Waals surface area contributed by atoms with E-state index in [1.54, 1.807) is 0 Å². The summed E-state index contributed by atoms with van der Waals surface area (Å²) in [7, 11) is 0. The molecule has 58 valence electrons. The van der Waals surface area contributed by atoms with E-state index >= 15 is 0 Å². The molecule has 0 atom stereocenters. The van der Waals surface area contributed by atoms with Crippen molar-refractivity contribution in [1.82, 2.24) is 0 Å². The summed E-state index contributed by atoms with van der Waals surface area (Å²) in [6.45, 7) is 7.58. The Morgan fingerprint density at radius 2 is 1.90 bits per heavy atom. The van der Waals surface area contributed by atoms with Crippen LogP contribution in [0, 0.1) is 5.41 Å². The number of hydrogen-bond acceptors (Lipinski definition) is 2. The second kappa shape index (κ2) is 3.01. The maximum atomic E-state index is 5.51. The minimum absolute atomic E-state index is 0.161. The summed E-state index contributed by atoms with van der Waals surface area (Å²) < 4.78 is 0. The highest BCUT2D eigenvalue weighted by atomic mass is 32.1. The predicted octanol–water partition coefficient (Wildman–Crippen LogP) is 1.16. The molecule has 10 heavy (non-hydrogen) atoms. The minimum Gasteiger partial charge on any atom is -0.402 e. The first kappa shape index (κ1) is 9.43. The maximum absolute atomic E-state index is 5.51. The van der Waals surface area contributed by atoms with E-state index in [0.29, 0.717) is 17.1 Å². The summed E-state index contributed by atoms with van der Waals surface area (Å²) in [5.41, 5.74) is 11.3. The summed E-state index contributed by atoms with van der Waals surface area (Å²) in [5, 5.41) is 0. The number of thiocarbonyl (C=S) groups is 1. The van der Waals surface area contributed by atoms with Crippen molar-refractivity contribution in [3.05, 3.63) is 12.3 Å². The first-order valence-electron chi connectivity index (χ1n) is 3.09. The molecule has 0 saturated heterocycles. The van der Waals surface area contributed by atoms with Crippen LogP contribution in [0.3, 0.4) is 0 Å². The van der Waals surface area contributed by atoms with Crippen molar-refractivity contribution in [2.75, 3.05) is 0 Å². The zero-order valence-electron chi connectivity index (χ0n) is 6.48. The van der Waals surface area contributed by atoms with Gasteiger partial charge in [0.15, 0.2) is 0 Å². The molecule has 0 aromatic rings. The summed E-state index contributed by atoms with van der Waals surface area (Å²) in [4.78, 5) is 0.483. The van der Waals surface area contributed by atoms with Crippen molar-refractivity contribution in [2.24, 2.45) is 16.9 Å². The van der Waals surface area contributed by atoms with Crippen LogP contribution in [-0.4, -0.2) is 4.99 Å². The standard InChI is InChI=1S/C7H14N2S/c1-5(8)7(2,3)4-6(9)10/h1,4,8H2,2-3H3,(H2,9,10). The Labute approximate surface area is 67.3 Å². The smallest absolute Gasteiger partial charge is 0.0736 e. The average molecular weight is 158 g/mol. The van der Waals surface area contributed by atoms with Crippen molar-refractivity contribution in [3.8, 4) is 0 Å². The third kappa shape index (κ3) is 2.82. The molecule has 0 aliphatic heterocycles. The SMILES string of the molecule is C=C(N)C(C)(C)CC(N)=S. The van der Waals surface area contributed by atoms with E-state index < -0.39 is 0 Å². The Kier molecular flexibility index (Phi) is 2.84. The average Bonchev–Trinajstić information content (AvgIpc) is 1.60. The zero-order valence-corrected chi connectivity index (χ0v) is 7.29. The minimum atomic E-state index is -0.161. The molecule has 0 rings (SSSR count). The fourth-order valence-corrected chi connectivity index (χ4v) is 0.910. The fourth-order valence-electron chi connectivity index (χ4n) is 0.549. The molecule has 0 radical (unpaired) electrons. The molecule has 0 amide bonds. The monoisotopic (exact) mass is 158 g/mol. The van der Waals surface area contributed by atoms with Gasteiger partial charge in [0.2, 0.25) is 0 Å². The molecule has 0 aliphatic rings. The van der Waals surface area contributed by atoms with E-state index in [4.69, 9.17) is 23.7 Å². The van der Waals surface area contributed by atoms with Gasteiger partial charge in [-0.05, 0) is 0 Å². The van der Waals surface area contributed by atoms with Crippen LogP contribution >= 0.6 is 12.2 Å². The molecule has 0 unspecified atom stereocenters. The Hall–Kier alpha value is -0.570. The molecule has 0 aromatic carbocycles. The van der Waals surface area contributed by atoms with Gasteiger partial charge < -0.3 is 11.5 Å². The highest BCUT2D eigenvalue weighted by molar-refractivity contribution is 7.80. The van der Waals surface area contributed by atoms with Gasteiger partial charge in [-0.1, -0.05) is 32.6 Å². The first-order chi connectivity index (χ1) is 4.36. The molecule has 0 spiro atoms. The van der Waals surface area contributed by atoms with Crippen LogP contribution in [0.25, 0.3) is 0 Å². The second-order valence-corrected chi connectivity index (χ2v) is 3.58. The summed E-state index contributed by atoms with van der Waals surface area (Å²) in [6, 6.07) is 0. The lowest BCUT2D eigenvalue weighted by atomic mass is 9.86. The van der Waals surface area contributed by atoms with Gasteiger partial charge in [0, 0.05) is 17.5 Å². The van der Waals surface area contributed by atoms with Crippen molar-refractivity contribution in [1.29, 1.82) is 0 Å². The Bertz CT molecular complexity index is 161. The lowest BCUT2D eigenvalue weighted by molar-refractivity contribution is 0.464. The van der Waals surface area contributed by atoms with E-state index in [1.807, 2.05) is 13.8 Å². The normalized spacial score (nSPS) is 11.0. The number of hydrogen-bond donors (Lipinski definition) is 2. The quantitative estimate of drug-likeness (QED) is 0.606. The van der Waals surface area contributed by atoms with Crippen molar-refractivity contribution < 1.29 is 0 Å². The molecular formula is C7H14N2S. The predicted molar refractivity (Wildman–Crippen MR) is 48.5 cm³/mol. The van der Waals surface area contributed by atoms with Crippen LogP contribution in [0.2, 0.25) is 0 Å². The molecule has 0 fully saturated rings. The Morgan fingerprint density at radius 3 is 2.00 bits per heavy atom. The third-order valence-corrected chi connectivity index (χ3v) is 1.63. The third-order valence-electron chi connectivity index (χ3n) is 1.49. The van der Waals surface area contributed by atoms with Gasteiger partial charge in [0.05, 0.1) is 4.99 Å². The molecule has 0 saturated carbocycles. The zero-order chi connectivity index (χ0) is 8.36. The van der Waals surface area contributed by atoms with Gasteiger partial charge in [-0.3, -0.25) is 0 Å². The van der Waals surface area contributed by atoms with Crippen LogP contribution in [0.5, 0.6) is 0 Å². The summed E-state index contributed by atoms with van der Waals surface area (Å²) in [5.74, 6) is 0. The van der Waals surface area contributed by atoms with Crippen molar-refractivity contribution in [3.63, 3.8) is 0 Å². The largest absolute Gasteiger partial charge is 0.402 e. The second-order valence-electron chi connectivity index (χ2n) is 3.05. The van der Waals surface area contributed by atoms with E-state index in [-0.39, 0.29) is 5.41 Å². The summed E-state index contributed by atoms with van der Waals surface area (Å²) in [6.07, 6.45) is 0.623. The van der Waals surface area contributed by atoms with Gasteiger partial charge in [0.1, 0.15) is 0 Å². The number of nitrogens with two attached hydrogens (primary N) is 2. The van der Waals surface area contributed by atoms with Gasteiger partial charge in [-0.15, -0.1) is 0 Å². The van der Waals surface area contributed by atoms with E-state index in [9.17, 15) is 0 Å². The van der Waals surface area contributed by atoms with Crippen LogP contribution < -0.4 is 11.5 Å². The molecule has 0 heterocycles. The molecule has 2 nitrogen and oxygen atoms in total. The maximum Gasteiger partial charge on any atom is 0.0736 e. The molecule has 3 heteroatoms. The van der Waals surface area contributed by atoms with Crippen molar-refractivity contribution in [2.45, 2.75) is 20.3 Å². The Morgan fingerprint density at radius 1 is 1.50 bits per heavy atom. The van der Waals surface area contributed by atoms with Gasteiger partial charge in [-0.25, -0.2) is 0 Å². The van der Waals surface area contributed by atoms with Crippen LogP contribution in [0.1, 0.15) is 20.3 Å².